The summed E-state index contributed by atoms with van der Waals surface area (Å²) < 4.78 is 0. The Morgan fingerprint density at radius 1 is 1.29 bits per heavy atom. The molecule has 21 heavy (non-hydrogen) atoms. The molecule has 1 atom stereocenters. The van der Waals surface area contributed by atoms with Gasteiger partial charge < -0.3 is 10.0 Å². The van der Waals surface area contributed by atoms with E-state index in [1.54, 1.807) is 18.3 Å². The molecule has 112 valence electrons. The SMILES string of the molecule is CC(C(=O)O)c1ccc(CN(C)CCc2cccs2)cc1. The fourth-order valence-electron chi connectivity index (χ4n) is 2.20. The molecule has 2 aromatic rings. The average Bonchev–Trinajstić information content (AvgIpc) is 2.98. The van der Waals surface area contributed by atoms with Crippen LogP contribution in [0.2, 0.25) is 0 Å². The lowest BCUT2D eigenvalue weighted by molar-refractivity contribution is -0.138. The number of hydrogen-bond acceptors (Lipinski definition) is 3. The summed E-state index contributed by atoms with van der Waals surface area (Å²) in [6.45, 7) is 3.62. The number of carbonyl (C=O) groups is 1. The minimum atomic E-state index is -0.782. The number of benzene rings is 1. The third-order valence-corrected chi connectivity index (χ3v) is 4.56. The molecule has 1 aromatic heterocycles. The molecule has 4 heteroatoms. The van der Waals surface area contributed by atoms with E-state index in [-0.39, 0.29) is 0 Å². The van der Waals surface area contributed by atoms with Crippen LogP contribution < -0.4 is 0 Å². The minimum absolute atomic E-state index is 0.449. The van der Waals surface area contributed by atoms with E-state index in [2.05, 4.69) is 29.5 Å². The molecule has 0 aliphatic heterocycles. The zero-order valence-electron chi connectivity index (χ0n) is 12.5. The van der Waals surface area contributed by atoms with Crippen molar-refractivity contribution in [2.24, 2.45) is 0 Å². The number of rotatable bonds is 7. The standard InChI is InChI=1S/C17H21NO2S/c1-13(17(19)20)15-7-5-14(6-8-15)12-18(2)10-9-16-4-3-11-21-16/h3-8,11,13H,9-10,12H2,1-2H3,(H,19,20). The van der Waals surface area contributed by atoms with Crippen molar-refractivity contribution in [1.82, 2.24) is 4.90 Å². The second kappa shape index (κ2) is 7.38. The smallest absolute Gasteiger partial charge is 0.310 e. The van der Waals surface area contributed by atoms with Crippen LogP contribution in [-0.4, -0.2) is 29.6 Å². The fourth-order valence-corrected chi connectivity index (χ4v) is 2.90. The average molecular weight is 303 g/mol. The second-order valence-electron chi connectivity index (χ2n) is 5.37. The van der Waals surface area contributed by atoms with Gasteiger partial charge in [-0.2, -0.15) is 0 Å². The number of aliphatic carboxylic acids is 1. The van der Waals surface area contributed by atoms with Crippen molar-refractivity contribution < 1.29 is 9.90 Å². The van der Waals surface area contributed by atoms with Gasteiger partial charge in [0.15, 0.2) is 0 Å². The van der Waals surface area contributed by atoms with Crippen molar-refractivity contribution in [2.45, 2.75) is 25.8 Å². The molecule has 2 rings (SSSR count). The van der Waals surface area contributed by atoms with Gasteiger partial charge in [-0.25, -0.2) is 0 Å². The first-order valence-corrected chi connectivity index (χ1v) is 7.97. The van der Waals surface area contributed by atoms with E-state index in [9.17, 15) is 4.79 Å². The molecule has 3 nitrogen and oxygen atoms in total. The first-order valence-electron chi connectivity index (χ1n) is 7.09. The van der Waals surface area contributed by atoms with E-state index in [0.29, 0.717) is 0 Å². The second-order valence-corrected chi connectivity index (χ2v) is 6.40. The van der Waals surface area contributed by atoms with Crippen LogP contribution in [0.5, 0.6) is 0 Å². The third kappa shape index (κ3) is 4.69. The number of likely N-dealkylation sites (N-methyl/N-ethyl adjacent to an activating group) is 1. The molecular formula is C17H21NO2S. The molecule has 0 saturated heterocycles. The summed E-state index contributed by atoms with van der Waals surface area (Å²) in [5.41, 5.74) is 2.07. The largest absolute Gasteiger partial charge is 0.481 e. The topological polar surface area (TPSA) is 40.5 Å². The number of nitrogens with zero attached hydrogens (tertiary/aromatic N) is 1. The highest BCUT2D eigenvalue weighted by atomic mass is 32.1. The van der Waals surface area contributed by atoms with Gasteiger partial charge in [-0.05, 0) is 43.0 Å². The minimum Gasteiger partial charge on any atom is -0.481 e. The monoisotopic (exact) mass is 303 g/mol. The van der Waals surface area contributed by atoms with Gasteiger partial charge in [-0.3, -0.25) is 4.79 Å². The lowest BCUT2D eigenvalue weighted by Gasteiger charge is -2.16. The van der Waals surface area contributed by atoms with Gasteiger partial charge in [0, 0.05) is 18.0 Å². The van der Waals surface area contributed by atoms with Gasteiger partial charge in [0.25, 0.3) is 0 Å². The van der Waals surface area contributed by atoms with Crippen molar-refractivity contribution in [2.75, 3.05) is 13.6 Å². The molecule has 0 aliphatic carbocycles. The highest BCUT2D eigenvalue weighted by Crippen LogP contribution is 2.17. The van der Waals surface area contributed by atoms with E-state index in [0.717, 1.165) is 25.1 Å². The Morgan fingerprint density at radius 2 is 2.00 bits per heavy atom. The van der Waals surface area contributed by atoms with Crippen molar-refractivity contribution in [3.05, 3.63) is 57.8 Å². The van der Waals surface area contributed by atoms with E-state index in [4.69, 9.17) is 5.11 Å². The summed E-state index contributed by atoms with van der Waals surface area (Å²) in [5.74, 6) is -1.23. The van der Waals surface area contributed by atoms with Crippen molar-refractivity contribution in [3.63, 3.8) is 0 Å². The molecule has 0 aliphatic rings. The van der Waals surface area contributed by atoms with Crippen LogP contribution in [0.1, 0.15) is 28.8 Å². The summed E-state index contributed by atoms with van der Waals surface area (Å²) in [6.07, 6.45) is 1.07. The molecule has 1 heterocycles. The quantitative estimate of drug-likeness (QED) is 0.849. The fraction of sp³-hybridized carbons (Fsp3) is 0.353. The maximum atomic E-state index is 11.0. The molecule has 0 amide bonds. The Balaban J connectivity index is 1.86. The van der Waals surface area contributed by atoms with E-state index < -0.39 is 11.9 Å². The van der Waals surface area contributed by atoms with Gasteiger partial charge in [-0.15, -0.1) is 11.3 Å². The number of thiophene rings is 1. The number of carboxylic acids is 1. The summed E-state index contributed by atoms with van der Waals surface area (Å²) in [6, 6.07) is 12.1. The Hall–Kier alpha value is -1.65. The maximum absolute atomic E-state index is 11.0. The number of hydrogen-bond donors (Lipinski definition) is 1. The van der Waals surface area contributed by atoms with Crippen LogP contribution in [0.3, 0.4) is 0 Å². The van der Waals surface area contributed by atoms with Gasteiger partial charge in [0.2, 0.25) is 0 Å². The van der Waals surface area contributed by atoms with Gasteiger partial charge in [0.05, 0.1) is 5.92 Å². The van der Waals surface area contributed by atoms with Crippen LogP contribution >= 0.6 is 11.3 Å². The van der Waals surface area contributed by atoms with Crippen LogP contribution in [0.4, 0.5) is 0 Å². The van der Waals surface area contributed by atoms with Crippen LogP contribution in [0.15, 0.2) is 41.8 Å². The van der Waals surface area contributed by atoms with Crippen LogP contribution in [0, 0.1) is 0 Å². The summed E-state index contributed by atoms with van der Waals surface area (Å²) in [4.78, 5) is 14.6. The molecule has 1 aromatic carbocycles. The Morgan fingerprint density at radius 3 is 2.57 bits per heavy atom. The van der Waals surface area contributed by atoms with Gasteiger partial charge >= 0.3 is 5.97 Å². The van der Waals surface area contributed by atoms with Gasteiger partial charge in [0.1, 0.15) is 0 Å². The van der Waals surface area contributed by atoms with Gasteiger partial charge in [-0.1, -0.05) is 30.3 Å². The zero-order chi connectivity index (χ0) is 15.2. The Kier molecular flexibility index (Phi) is 5.53. The normalized spacial score (nSPS) is 12.5. The maximum Gasteiger partial charge on any atom is 0.310 e. The highest BCUT2D eigenvalue weighted by Gasteiger charge is 2.13. The molecule has 0 spiro atoms. The third-order valence-electron chi connectivity index (χ3n) is 3.62. The summed E-state index contributed by atoms with van der Waals surface area (Å²) in [5, 5.41) is 11.1. The van der Waals surface area contributed by atoms with E-state index >= 15 is 0 Å². The molecule has 0 fully saturated rings. The van der Waals surface area contributed by atoms with E-state index in [1.165, 1.54) is 10.4 Å². The van der Waals surface area contributed by atoms with Crippen molar-refractivity contribution in [3.8, 4) is 0 Å². The lowest BCUT2D eigenvalue weighted by atomic mass is 10.00. The lowest BCUT2D eigenvalue weighted by Crippen LogP contribution is -2.20. The first-order chi connectivity index (χ1) is 10.1. The van der Waals surface area contributed by atoms with Crippen molar-refractivity contribution >= 4 is 17.3 Å². The zero-order valence-corrected chi connectivity index (χ0v) is 13.3. The van der Waals surface area contributed by atoms with Crippen molar-refractivity contribution in [1.29, 1.82) is 0 Å². The molecule has 0 bridgehead atoms. The van der Waals surface area contributed by atoms with Crippen LogP contribution in [-0.2, 0) is 17.8 Å². The summed E-state index contributed by atoms with van der Waals surface area (Å²) >= 11 is 1.80. The number of carboxylic acid groups (broad SMARTS) is 1. The predicted octanol–water partition coefficient (Wildman–Crippen LogP) is 3.61. The van der Waals surface area contributed by atoms with E-state index in [1.807, 2.05) is 24.3 Å². The summed E-state index contributed by atoms with van der Waals surface area (Å²) in [7, 11) is 2.11. The molecule has 0 radical (unpaired) electrons. The first kappa shape index (κ1) is 15.7. The highest BCUT2D eigenvalue weighted by molar-refractivity contribution is 7.09. The Labute approximate surface area is 129 Å². The van der Waals surface area contributed by atoms with Crippen LogP contribution in [0.25, 0.3) is 0 Å². The molecule has 1 unspecified atom stereocenters. The molecule has 1 N–H and O–H groups in total. The molecule has 0 saturated carbocycles. The Bertz CT molecular complexity index is 563. The predicted molar refractivity (Wildman–Crippen MR) is 86.8 cm³/mol. The molecular weight excluding hydrogens is 282 g/mol.